The third-order valence-electron chi connectivity index (χ3n) is 1.65. The lowest BCUT2D eigenvalue weighted by molar-refractivity contribution is 0.561. The van der Waals surface area contributed by atoms with Crippen LogP contribution in [-0.4, -0.2) is 4.98 Å². The minimum absolute atomic E-state index is 0.727. The molecule has 0 aliphatic rings. The summed E-state index contributed by atoms with van der Waals surface area (Å²) in [6.45, 7) is 11.9. The molecule has 0 spiro atoms. The summed E-state index contributed by atoms with van der Waals surface area (Å²) < 4.78 is 5.31. The van der Waals surface area contributed by atoms with Crippen molar-refractivity contribution < 1.29 is 4.42 Å². The largest absolute Gasteiger partial charge is 0.441 e. The average molecular weight is 207 g/mol. The molecule has 0 fully saturated rings. The molecule has 0 radical (unpaired) electrons. The molecule has 15 heavy (non-hydrogen) atoms. The maximum atomic E-state index is 5.31. The van der Waals surface area contributed by atoms with Crippen molar-refractivity contribution >= 4 is 11.1 Å². The average Bonchev–Trinajstić information content (AvgIpc) is 2.63. The van der Waals surface area contributed by atoms with Crippen molar-refractivity contribution in [1.82, 2.24) is 4.98 Å². The molecule has 2 aromatic rings. The first-order valence-electron chi connectivity index (χ1n) is 5.59. The molecule has 84 valence electrons. The first kappa shape index (κ1) is 13.7. The Hall–Kier alpha value is -1.31. The summed E-state index contributed by atoms with van der Waals surface area (Å²) in [5, 5.41) is 0. The van der Waals surface area contributed by atoms with Crippen LogP contribution in [-0.2, 0) is 0 Å². The lowest BCUT2D eigenvalue weighted by Crippen LogP contribution is -1.71. The summed E-state index contributed by atoms with van der Waals surface area (Å²) in [6, 6.07) is 5.99. The van der Waals surface area contributed by atoms with Gasteiger partial charge in [0.05, 0.1) is 0 Å². The first-order chi connectivity index (χ1) is 7.25. The van der Waals surface area contributed by atoms with E-state index in [1.807, 2.05) is 59.7 Å². The molecule has 2 rings (SSSR count). The molecule has 0 N–H and O–H groups in total. The number of hydrogen-bond donors (Lipinski definition) is 0. The predicted octanol–water partition coefficient (Wildman–Crippen LogP) is 4.50. The second kappa shape index (κ2) is 7.04. The molecule has 2 nitrogen and oxygen atoms in total. The summed E-state index contributed by atoms with van der Waals surface area (Å²) in [5.41, 5.74) is 3.03. The normalized spacial score (nSPS) is 8.67. The van der Waals surface area contributed by atoms with Crippen LogP contribution in [0.4, 0.5) is 0 Å². The molecule has 1 aromatic carbocycles. The lowest BCUT2D eigenvalue weighted by atomic mass is 10.2. The summed E-state index contributed by atoms with van der Waals surface area (Å²) >= 11 is 0. The Balaban J connectivity index is 0.000000442. The van der Waals surface area contributed by atoms with Crippen LogP contribution in [0, 0.1) is 13.8 Å². The molecule has 0 saturated carbocycles. The quantitative estimate of drug-likeness (QED) is 0.635. The van der Waals surface area contributed by atoms with Crippen molar-refractivity contribution in [2.75, 3.05) is 0 Å². The molecule has 0 atom stereocenters. The highest BCUT2D eigenvalue weighted by Gasteiger charge is 1.99. The SMILES string of the molecule is CC.CC.Cc1ccc2oc(C)nc2c1. The molecule has 2 heteroatoms. The summed E-state index contributed by atoms with van der Waals surface area (Å²) in [4.78, 5) is 4.21. The standard InChI is InChI=1S/C9H9NO.2C2H6/c1-6-3-4-9-8(5-6)10-7(2)11-9;2*1-2/h3-5H,1-2H3;2*1-2H3. The van der Waals surface area contributed by atoms with Crippen LogP contribution in [0.15, 0.2) is 22.6 Å². The Bertz CT molecular complexity index is 390. The third-order valence-corrected chi connectivity index (χ3v) is 1.65. The zero-order valence-electron chi connectivity index (χ0n) is 10.6. The maximum Gasteiger partial charge on any atom is 0.192 e. The number of benzene rings is 1. The molecular weight excluding hydrogens is 186 g/mol. The Morgan fingerprint density at radius 2 is 1.60 bits per heavy atom. The van der Waals surface area contributed by atoms with Crippen LogP contribution >= 0.6 is 0 Å². The van der Waals surface area contributed by atoms with Gasteiger partial charge in [-0.15, -0.1) is 0 Å². The van der Waals surface area contributed by atoms with Crippen molar-refractivity contribution in [2.45, 2.75) is 41.5 Å². The van der Waals surface area contributed by atoms with Gasteiger partial charge in [-0.3, -0.25) is 0 Å². The number of nitrogens with zero attached hydrogens (tertiary/aromatic N) is 1. The lowest BCUT2D eigenvalue weighted by Gasteiger charge is -1.87. The smallest absolute Gasteiger partial charge is 0.192 e. The van der Waals surface area contributed by atoms with Crippen LogP contribution in [0.1, 0.15) is 39.1 Å². The minimum Gasteiger partial charge on any atom is -0.441 e. The second-order valence-electron chi connectivity index (χ2n) is 2.70. The van der Waals surface area contributed by atoms with E-state index >= 15 is 0 Å². The van der Waals surface area contributed by atoms with Gasteiger partial charge in [0.25, 0.3) is 0 Å². The van der Waals surface area contributed by atoms with E-state index in [4.69, 9.17) is 4.42 Å². The minimum atomic E-state index is 0.727. The van der Waals surface area contributed by atoms with E-state index in [-0.39, 0.29) is 0 Å². The number of aryl methyl sites for hydroxylation is 2. The Morgan fingerprint density at radius 1 is 1.00 bits per heavy atom. The fourth-order valence-corrected chi connectivity index (χ4v) is 1.15. The number of fused-ring (bicyclic) bond motifs is 1. The van der Waals surface area contributed by atoms with Crippen LogP contribution in [0.5, 0.6) is 0 Å². The molecule has 0 aliphatic heterocycles. The van der Waals surface area contributed by atoms with E-state index in [1.165, 1.54) is 5.56 Å². The molecule has 1 heterocycles. The molecule has 0 aliphatic carbocycles. The van der Waals surface area contributed by atoms with Crippen molar-refractivity contribution in [1.29, 1.82) is 0 Å². The summed E-state index contributed by atoms with van der Waals surface area (Å²) in [6.07, 6.45) is 0. The van der Waals surface area contributed by atoms with Crippen LogP contribution in [0.25, 0.3) is 11.1 Å². The van der Waals surface area contributed by atoms with Crippen LogP contribution < -0.4 is 0 Å². The van der Waals surface area contributed by atoms with E-state index in [1.54, 1.807) is 0 Å². The predicted molar refractivity (Wildman–Crippen MR) is 66.2 cm³/mol. The third kappa shape index (κ3) is 3.74. The van der Waals surface area contributed by atoms with Gasteiger partial charge in [0.15, 0.2) is 11.5 Å². The zero-order valence-corrected chi connectivity index (χ0v) is 10.6. The number of rotatable bonds is 0. The highest BCUT2D eigenvalue weighted by atomic mass is 16.3. The van der Waals surface area contributed by atoms with Crippen molar-refractivity contribution in [3.8, 4) is 0 Å². The summed E-state index contributed by atoms with van der Waals surface area (Å²) in [7, 11) is 0. The molecule has 0 amide bonds. The highest BCUT2D eigenvalue weighted by molar-refractivity contribution is 5.73. The van der Waals surface area contributed by atoms with Gasteiger partial charge in [-0.1, -0.05) is 33.8 Å². The van der Waals surface area contributed by atoms with Gasteiger partial charge in [0, 0.05) is 6.92 Å². The van der Waals surface area contributed by atoms with Gasteiger partial charge in [-0.2, -0.15) is 0 Å². The Labute approximate surface area is 92.3 Å². The van der Waals surface area contributed by atoms with Gasteiger partial charge < -0.3 is 4.42 Å². The number of oxazole rings is 1. The molecule has 0 unspecified atom stereocenters. The fourth-order valence-electron chi connectivity index (χ4n) is 1.15. The van der Waals surface area contributed by atoms with E-state index in [0.29, 0.717) is 0 Å². The van der Waals surface area contributed by atoms with Crippen molar-refractivity contribution in [2.24, 2.45) is 0 Å². The van der Waals surface area contributed by atoms with E-state index < -0.39 is 0 Å². The van der Waals surface area contributed by atoms with Gasteiger partial charge in [0.1, 0.15) is 5.52 Å². The number of aromatic nitrogens is 1. The van der Waals surface area contributed by atoms with E-state index in [2.05, 4.69) is 4.98 Å². The Kier molecular flexibility index (Phi) is 6.43. The van der Waals surface area contributed by atoms with Crippen molar-refractivity contribution in [3.63, 3.8) is 0 Å². The monoisotopic (exact) mass is 207 g/mol. The summed E-state index contributed by atoms with van der Waals surface area (Å²) in [5.74, 6) is 0.727. The van der Waals surface area contributed by atoms with Gasteiger partial charge in [0.2, 0.25) is 0 Å². The van der Waals surface area contributed by atoms with Gasteiger partial charge >= 0.3 is 0 Å². The first-order valence-corrected chi connectivity index (χ1v) is 5.59. The fraction of sp³-hybridized carbons (Fsp3) is 0.462. The van der Waals surface area contributed by atoms with E-state index in [9.17, 15) is 0 Å². The molecule has 0 saturated heterocycles. The van der Waals surface area contributed by atoms with E-state index in [0.717, 1.165) is 17.0 Å². The second-order valence-corrected chi connectivity index (χ2v) is 2.70. The highest BCUT2D eigenvalue weighted by Crippen LogP contribution is 2.15. The van der Waals surface area contributed by atoms with Crippen molar-refractivity contribution in [3.05, 3.63) is 29.7 Å². The molecular formula is C13H21NO. The molecule has 1 aromatic heterocycles. The number of hydrogen-bond acceptors (Lipinski definition) is 2. The zero-order chi connectivity index (χ0) is 11.8. The Morgan fingerprint density at radius 3 is 2.20 bits per heavy atom. The van der Waals surface area contributed by atoms with Gasteiger partial charge in [-0.25, -0.2) is 4.98 Å². The van der Waals surface area contributed by atoms with Crippen LogP contribution in [0.2, 0.25) is 0 Å². The van der Waals surface area contributed by atoms with Gasteiger partial charge in [-0.05, 0) is 24.6 Å². The maximum absolute atomic E-state index is 5.31. The molecule has 0 bridgehead atoms. The topological polar surface area (TPSA) is 26.0 Å². The van der Waals surface area contributed by atoms with Crippen LogP contribution in [0.3, 0.4) is 0 Å².